The fourth-order valence-electron chi connectivity index (χ4n) is 2.20. The molecule has 78 valence electrons. The van der Waals surface area contributed by atoms with Crippen LogP contribution >= 0.6 is 0 Å². The smallest absolute Gasteiger partial charge is 0.0113 e. The second-order valence-corrected chi connectivity index (χ2v) is 4.42. The maximum absolute atomic E-state index is 5.24. The van der Waals surface area contributed by atoms with Gasteiger partial charge < -0.3 is 4.90 Å². The van der Waals surface area contributed by atoms with Crippen molar-refractivity contribution >= 4 is 0 Å². The van der Waals surface area contributed by atoms with Crippen molar-refractivity contribution in [3.8, 4) is 12.3 Å². The summed E-state index contributed by atoms with van der Waals surface area (Å²) in [6.45, 7) is 6.26. The zero-order chi connectivity index (χ0) is 9.80. The van der Waals surface area contributed by atoms with Gasteiger partial charge in [-0.05, 0) is 25.8 Å². The first-order chi connectivity index (χ1) is 6.90. The van der Waals surface area contributed by atoms with E-state index in [0.717, 1.165) is 12.5 Å². The van der Waals surface area contributed by atoms with Crippen LogP contribution in [0, 0.1) is 12.3 Å². The van der Waals surface area contributed by atoms with Crippen LogP contribution in [0.3, 0.4) is 0 Å². The van der Waals surface area contributed by atoms with Gasteiger partial charge in [0.1, 0.15) is 0 Å². The zero-order valence-electron chi connectivity index (χ0n) is 8.91. The maximum atomic E-state index is 5.24. The Morgan fingerprint density at radius 2 is 1.86 bits per heavy atom. The van der Waals surface area contributed by atoms with E-state index in [1.807, 2.05) is 0 Å². The average Bonchev–Trinajstić information content (AvgIpc) is 3.03. The van der Waals surface area contributed by atoms with Crippen molar-refractivity contribution < 1.29 is 0 Å². The molecule has 2 fully saturated rings. The molecule has 0 atom stereocenters. The maximum Gasteiger partial charge on any atom is 0.0113 e. The van der Waals surface area contributed by atoms with E-state index in [0.29, 0.717) is 0 Å². The molecule has 2 nitrogen and oxygen atoms in total. The molecular formula is C12H20N2. The van der Waals surface area contributed by atoms with Gasteiger partial charge >= 0.3 is 0 Å². The number of hydrogen-bond donors (Lipinski definition) is 0. The van der Waals surface area contributed by atoms with Crippen molar-refractivity contribution in [2.45, 2.75) is 31.7 Å². The van der Waals surface area contributed by atoms with Crippen LogP contribution in [0.15, 0.2) is 0 Å². The molecule has 2 aliphatic rings. The molecule has 0 aromatic heterocycles. The number of nitrogens with zero attached hydrogens (tertiary/aromatic N) is 2. The minimum atomic E-state index is 0.933. The number of hydrogen-bond acceptors (Lipinski definition) is 2. The van der Waals surface area contributed by atoms with Crippen LogP contribution in [-0.4, -0.2) is 48.6 Å². The lowest BCUT2D eigenvalue weighted by molar-refractivity contribution is 0.126. The van der Waals surface area contributed by atoms with Crippen molar-refractivity contribution in [2.24, 2.45) is 0 Å². The Bertz CT molecular complexity index is 207. The first kappa shape index (κ1) is 10.0. The van der Waals surface area contributed by atoms with Crippen LogP contribution in [0.5, 0.6) is 0 Å². The van der Waals surface area contributed by atoms with E-state index in [9.17, 15) is 0 Å². The van der Waals surface area contributed by atoms with E-state index in [1.54, 1.807) is 0 Å². The van der Waals surface area contributed by atoms with E-state index in [-0.39, 0.29) is 0 Å². The summed E-state index contributed by atoms with van der Waals surface area (Å²) in [5, 5.41) is 0. The van der Waals surface area contributed by atoms with Gasteiger partial charge in [0.15, 0.2) is 0 Å². The SMILES string of the molecule is C#CCCCN1CCN(C2CC2)CC1. The molecule has 1 aliphatic carbocycles. The van der Waals surface area contributed by atoms with Gasteiger partial charge in [0, 0.05) is 38.6 Å². The highest BCUT2D eigenvalue weighted by Gasteiger charge is 2.30. The molecule has 2 heteroatoms. The third-order valence-corrected chi connectivity index (χ3v) is 3.27. The summed E-state index contributed by atoms with van der Waals surface area (Å²) in [7, 11) is 0. The molecule has 0 spiro atoms. The van der Waals surface area contributed by atoms with Crippen molar-refractivity contribution in [1.29, 1.82) is 0 Å². The lowest BCUT2D eigenvalue weighted by atomic mass is 10.2. The molecule has 1 saturated heterocycles. The minimum absolute atomic E-state index is 0.933. The highest BCUT2D eigenvalue weighted by Crippen LogP contribution is 2.27. The second kappa shape index (κ2) is 4.82. The minimum Gasteiger partial charge on any atom is -0.301 e. The van der Waals surface area contributed by atoms with Gasteiger partial charge in [0.05, 0.1) is 0 Å². The molecule has 0 unspecified atom stereocenters. The van der Waals surface area contributed by atoms with Crippen molar-refractivity contribution in [3.63, 3.8) is 0 Å². The van der Waals surface area contributed by atoms with E-state index >= 15 is 0 Å². The Morgan fingerprint density at radius 3 is 2.43 bits per heavy atom. The first-order valence-electron chi connectivity index (χ1n) is 5.80. The predicted molar refractivity (Wildman–Crippen MR) is 59.1 cm³/mol. The van der Waals surface area contributed by atoms with E-state index in [4.69, 9.17) is 6.42 Å². The summed E-state index contributed by atoms with van der Waals surface area (Å²) in [5.74, 6) is 2.71. The van der Waals surface area contributed by atoms with Crippen LogP contribution in [0.25, 0.3) is 0 Å². The molecule has 0 amide bonds. The van der Waals surface area contributed by atoms with Gasteiger partial charge in [-0.3, -0.25) is 4.90 Å². The van der Waals surface area contributed by atoms with E-state index in [2.05, 4.69) is 15.7 Å². The molecule has 2 rings (SSSR count). The molecule has 1 heterocycles. The summed E-state index contributed by atoms with van der Waals surface area (Å²) < 4.78 is 0. The zero-order valence-corrected chi connectivity index (χ0v) is 8.91. The highest BCUT2D eigenvalue weighted by atomic mass is 15.3. The lowest BCUT2D eigenvalue weighted by Crippen LogP contribution is -2.47. The monoisotopic (exact) mass is 192 g/mol. The highest BCUT2D eigenvalue weighted by molar-refractivity contribution is 4.88. The lowest BCUT2D eigenvalue weighted by Gasteiger charge is -2.34. The molecule has 0 N–H and O–H groups in total. The fourth-order valence-corrected chi connectivity index (χ4v) is 2.20. The third kappa shape index (κ3) is 2.73. The van der Waals surface area contributed by atoms with Crippen molar-refractivity contribution in [1.82, 2.24) is 9.80 Å². The molecule has 0 aromatic rings. The fraction of sp³-hybridized carbons (Fsp3) is 0.833. The average molecular weight is 192 g/mol. The third-order valence-electron chi connectivity index (χ3n) is 3.27. The first-order valence-corrected chi connectivity index (χ1v) is 5.80. The van der Waals surface area contributed by atoms with Gasteiger partial charge in [-0.2, -0.15) is 0 Å². The van der Waals surface area contributed by atoms with Crippen LogP contribution in [-0.2, 0) is 0 Å². The summed E-state index contributed by atoms with van der Waals surface area (Å²) in [4.78, 5) is 5.20. The summed E-state index contributed by atoms with van der Waals surface area (Å²) in [6.07, 6.45) is 10.2. The largest absolute Gasteiger partial charge is 0.301 e. The van der Waals surface area contributed by atoms with E-state index < -0.39 is 0 Å². The van der Waals surface area contributed by atoms with Crippen LogP contribution in [0.1, 0.15) is 25.7 Å². The molecule has 0 radical (unpaired) electrons. The molecule has 0 aromatic carbocycles. The summed E-state index contributed by atoms with van der Waals surface area (Å²) in [6, 6.07) is 0.947. The Morgan fingerprint density at radius 1 is 1.14 bits per heavy atom. The number of piperazine rings is 1. The van der Waals surface area contributed by atoms with Crippen molar-refractivity contribution in [3.05, 3.63) is 0 Å². The molecule has 0 bridgehead atoms. The summed E-state index contributed by atoms with van der Waals surface area (Å²) in [5.41, 5.74) is 0. The van der Waals surface area contributed by atoms with Crippen LogP contribution in [0.2, 0.25) is 0 Å². The van der Waals surface area contributed by atoms with Gasteiger partial charge in [0.2, 0.25) is 0 Å². The Balaban J connectivity index is 1.60. The Kier molecular flexibility index (Phi) is 3.44. The molecular weight excluding hydrogens is 172 g/mol. The van der Waals surface area contributed by atoms with Gasteiger partial charge in [0.25, 0.3) is 0 Å². The standard InChI is InChI=1S/C12H20N2/c1-2-3-4-7-13-8-10-14(11-9-13)12-5-6-12/h1,12H,3-11H2. The predicted octanol–water partition coefficient (Wildman–Crippen LogP) is 1.18. The van der Waals surface area contributed by atoms with E-state index in [1.165, 1.54) is 52.0 Å². The van der Waals surface area contributed by atoms with Gasteiger partial charge in [-0.1, -0.05) is 0 Å². The van der Waals surface area contributed by atoms with Gasteiger partial charge in [-0.15, -0.1) is 12.3 Å². The second-order valence-electron chi connectivity index (χ2n) is 4.42. The van der Waals surface area contributed by atoms with Crippen molar-refractivity contribution in [2.75, 3.05) is 32.7 Å². The molecule has 1 saturated carbocycles. The number of terminal acetylenes is 1. The quantitative estimate of drug-likeness (QED) is 0.487. The Hall–Kier alpha value is -0.520. The number of rotatable bonds is 4. The molecule has 1 aliphatic heterocycles. The normalized spacial score (nSPS) is 24.8. The topological polar surface area (TPSA) is 6.48 Å². The van der Waals surface area contributed by atoms with Crippen LogP contribution in [0.4, 0.5) is 0 Å². The Labute approximate surface area is 87.3 Å². The molecule has 14 heavy (non-hydrogen) atoms. The summed E-state index contributed by atoms with van der Waals surface area (Å²) >= 11 is 0. The number of unbranched alkanes of at least 4 members (excludes halogenated alkanes) is 1. The van der Waals surface area contributed by atoms with Crippen LogP contribution < -0.4 is 0 Å². The van der Waals surface area contributed by atoms with Gasteiger partial charge in [-0.25, -0.2) is 0 Å².